The number of hydrazine groups is 2. The maximum absolute atomic E-state index is 12.3. The van der Waals surface area contributed by atoms with Crippen molar-refractivity contribution in [3.63, 3.8) is 0 Å². The summed E-state index contributed by atoms with van der Waals surface area (Å²) < 4.78 is 0. The number of nitrogens with zero attached hydrogens (tertiary/aromatic N) is 2. The zero-order valence-electron chi connectivity index (χ0n) is 18.7. The highest BCUT2D eigenvalue weighted by Gasteiger charge is 2.18. The maximum atomic E-state index is 12.3. The van der Waals surface area contributed by atoms with Gasteiger partial charge in [-0.1, -0.05) is 23.2 Å². The van der Waals surface area contributed by atoms with E-state index in [2.05, 4.69) is 21.7 Å². The first-order valence-electron chi connectivity index (χ1n) is 10.2. The molecule has 0 aliphatic carbocycles. The molecule has 194 valence electrons. The molecule has 3 aromatic carbocycles. The van der Waals surface area contributed by atoms with E-state index in [-0.39, 0.29) is 32.3 Å². The molecule has 0 bridgehead atoms. The number of halogens is 2. The summed E-state index contributed by atoms with van der Waals surface area (Å²) in [6.07, 6.45) is 0. The Balaban J connectivity index is 1.55. The minimum absolute atomic E-state index is 0.0430. The van der Waals surface area contributed by atoms with Gasteiger partial charge in [0.1, 0.15) is 10.0 Å². The summed E-state index contributed by atoms with van der Waals surface area (Å²) in [6.45, 7) is 0. The topological polar surface area (TPSA) is 203 Å². The van der Waals surface area contributed by atoms with Crippen molar-refractivity contribution in [2.45, 2.75) is 0 Å². The molecule has 0 aliphatic rings. The number of amides is 4. The molecule has 3 aromatic rings. The first-order valence-corrected chi connectivity index (χ1v) is 10.9. The second-order valence-corrected chi connectivity index (χ2v) is 8.05. The molecule has 0 fully saturated rings. The number of hydrogen-bond donors (Lipinski definition) is 4. The minimum Gasteiger partial charge on any atom is -0.267 e. The van der Waals surface area contributed by atoms with Crippen LogP contribution in [0.5, 0.6) is 0 Å². The van der Waals surface area contributed by atoms with Gasteiger partial charge >= 0.3 is 0 Å². The Morgan fingerprint density at radius 1 is 0.526 bits per heavy atom. The van der Waals surface area contributed by atoms with Crippen LogP contribution >= 0.6 is 23.2 Å². The largest absolute Gasteiger partial charge is 0.288 e. The Morgan fingerprint density at radius 2 is 0.789 bits per heavy atom. The molecule has 38 heavy (non-hydrogen) atoms. The molecule has 0 aromatic heterocycles. The molecule has 0 spiro atoms. The van der Waals surface area contributed by atoms with Gasteiger partial charge in [0.25, 0.3) is 35.0 Å². The van der Waals surface area contributed by atoms with Crippen molar-refractivity contribution in [2.24, 2.45) is 0 Å². The number of hydrogen-bond acceptors (Lipinski definition) is 8. The number of carbonyl (C=O) groups excluding carboxylic acids is 4. The Kier molecular flexibility index (Phi) is 8.52. The third-order valence-corrected chi connectivity index (χ3v) is 5.44. The van der Waals surface area contributed by atoms with E-state index in [9.17, 15) is 39.4 Å². The van der Waals surface area contributed by atoms with E-state index >= 15 is 0 Å². The van der Waals surface area contributed by atoms with Crippen LogP contribution in [0.1, 0.15) is 41.4 Å². The zero-order valence-corrected chi connectivity index (χ0v) is 20.2. The highest BCUT2D eigenvalue weighted by molar-refractivity contribution is 6.33. The van der Waals surface area contributed by atoms with Gasteiger partial charge in [-0.3, -0.25) is 61.1 Å². The van der Waals surface area contributed by atoms with E-state index in [1.807, 2.05) is 0 Å². The average molecular weight is 561 g/mol. The molecule has 0 saturated heterocycles. The van der Waals surface area contributed by atoms with Crippen LogP contribution in [0.3, 0.4) is 0 Å². The van der Waals surface area contributed by atoms with Crippen molar-refractivity contribution in [1.29, 1.82) is 0 Å². The van der Waals surface area contributed by atoms with Gasteiger partial charge in [-0.05, 0) is 48.5 Å². The van der Waals surface area contributed by atoms with Crippen LogP contribution in [0.25, 0.3) is 0 Å². The van der Waals surface area contributed by atoms with Gasteiger partial charge in [-0.15, -0.1) is 0 Å². The van der Waals surface area contributed by atoms with E-state index in [0.717, 1.165) is 12.1 Å². The van der Waals surface area contributed by atoms with E-state index in [1.54, 1.807) is 0 Å². The second-order valence-electron chi connectivity index (χ2n) is 7.24. The van der Waals surface area contributed by atoms with Crippen molar-refractivity contribution in [3.8, 4) is 0 Å². The van der Waals surface area contributed by atoms with Crippen LogP contribution in [-0.4, -0.2) is 33.5 Å². The predicted molar refractivity (Wildman–Crippen MR) is 133 cm³/mol. The number of benzene rings is 3. The summed E-state index contributed by atoms with van der Waals surface area (Å²) in [7, 11) is 0. The Labute approximate surface area is 222 Å². The molecule has 4 N–H and O–H groups in total. The fraction of sp³-hybridized carbons (Fsp3) is 0. The van der Waals surface area contributed by atoms with E-state index in [1.165, 1.54) is 48.5 Å². The van der Waals surface area contributed by atoms with Crippen LogP contribution in [0, 0.1) is 20.2 Å². The molecular formula is C22H14Cl2N6O8. The van der Waals surface area contributed by atoms with Crippen molar-refractivity contribution in [1.82, 2.24) is 21.7 Å². The second kappa shape index (κ2) is 11.8. The lowest BCUT2D eigenvalue weighted by Crippen LogP contribution is -2.42. The summed E-state index contributed by atoms with van der Waals surface area (Å²) in [6, 6.07) is 11.7. The summed E-state index contributed by atoms with van der Waals surface area (Å²) in [5.41, 5.74) is 7.34. The molecule has 0 unspecified atom stereocenters. The van der Waals surface area contributed by atoms with Crippen molar-refractivity contribution >= 4 is 58.2 Å². The number of nitro benzene ring substituents is 2. The van der Waals surface area contributed by atoms with Crippen LogP contribution in [0.2, 0.25) is 10.0 Å². The Hall–Kier alpha value is -5.08. The van der Waals surface area contributed by atoms with Gasteiger partial charge in [0, 0.05) is 34.4 Å². The van der Waals surface area contributed by atoms with Gasteiger partial charge in [-0.2, -0.15) is 0 Å². The van der Waals surface area contributed by atoms with Crippen molar-refractivity contribution < 1.29 is 29.0 Å². The van der Waals surface area contributed by atoms with Crippen LogP contribution in [0.4, 0.5) is 11.4 Å². The number of rotatable bonds is 6. The summed E-state index contributed by atoms with van der Waals surface area (Å²) in [5, 5.41) is 21.6. The third kappa shape index (κ3) is 6.57. The maximum Gasteiger partial charge on any atom is 0.288 e. The monoisotopic (exact) mass is 560 g/mol. The van der Waals surface area contributed by atoms with Gasteiger partial charge < -0.3 is 0 Å². The molecule has 3 rings (SSSR count). The third-order valence-electron chi connectivity index (χ3n) is 4.80. The predicted octanol–water partition coefficient (Wildman–Crippen LogP) is 2.96. The minimum atomic E-state index is -0.837. The molecule has 0 aliphatic heterocycles. The Bertz CT molecular complexity index is 1370. The molecule has 4 amide bonds. The van der Waals surface area contributed by atoms with Crippen LogP contribution < -0.4 is 21.7 Å². The Morgan fingerprint density at radius 3 is 1.08 bits per heavy atom. The van der Waals surface area contributed by atoms with E-state index in [0.29, 0.717) is 0 Å². The van der Waals surface area contributed by atoms with Gasteiger partial charge in [0.15, 0.2) is 0 Å². The summed E-state index contributed by atoms with van der Waals surface area (Å²) >= 11 is 11.4. The fourth-order valence-corrected chi connectivity index (χ4v) is 3.25. The van der Waals surface area contributed by atoms with Crippen molar-refractivity contribution in [3.05, 3.63) is 113 Å². The first-order chi connectivity index (χ1) is 18.0. The number of carbonyl (C=O) groups is 4. The lowest BCUT2D eigenvalue weighted by molar-refractivity contribution is -0.384. The summed E-state index contributed by atoms with van der Waals surface area (Å²) in [4.78, 5) is 69.3. The standard InChI is InChI=1S/C22H14Cl2N6O8/c23-15-7-5-13(9-17(15)29(35)36)21(33)27-25-19(31)11-1-2-12(4-3-11)20(32)26-28-22(34)14-6-8-16(24)18(10-14)30(37)38/h1-10H,(H,25,31)(H,26,32)(H,27,33)(H,28,34). The molecular weight excluding hydrogens is 547 g/mol. The lowest BCUT2D eigenvalue weighted by Gasteiger charge is -2.09. The highest BCUT2D eigenvalue weighted by atomic mass is 35.5. The fourth-order valence-electron chi connectivity index (χ4n) is 2.88. The van der Waals surface area contributed by atoms with Gasteiger partial charge in [0.05, 0.1) is 9.85 Å². The highest BCUT2D eigenvalue weighted by Crippen LogP contribution is 2.25. The molecule has 0 radical (unpaired) electrons. The number of nitrogens with one attached hydrogen (secondary N) is 4. The lowest BCUT2D eigenvalue weighted by atomic mass is 10.1. The van der Waals surface area contributed by atoms with Gasteiger partial charge in [0.2, 0.25) is 0 Å². The molecule has 0 atom stereocenters. The van der Waals surface area contributed by atoms with E-state index in [4.69, 9.17) is 23.2 Å². The van der Waals surface area contributed by atoms with Gasteiger partial charge in [-0.25, -0.2) is 0 Å². The zero-order chi connectivity index (χ0) is 28.0. The van der Waals surface area contributed by atoms with Crippen molar-refractivity contribution in [2.75, 3.05) is 0 Å². The quantitative estimate of drug-likeness (QED) is 0.260. The molecule has 14 nitrogen and oxygen atoms in total. The normalized spacial score (nSPS) is 10.2. The van der Waals surface area contributed by atoms with Crippen LogP contribution in [0.15, 0.2) is 60.7 Å². The number of nitro groups is 2. The van der Waals surface area contributed by atoms with Crippen LogP contribution in [-0.2, 0) is 0 Å². The SMILES string of the molecule is O=C(NNC(=O)c1ccc(Cl)c([N+](=O)[O-])c1)c1ccc(C(=O)NNC(=O)c2ccc(Cl)c([N+](=O)[O-])c2)cc1. The molecule has 16 heteroatoms. The smallest absolute Gasteiger partial charge is 0.267 e. The summed E-state index contributed by atoms with van der Waals surface area (Å²) in [5.74, 6) is -3.19. The first kappa shape index (κ1) is 27.5. The molecule has 0 heterocycles. The average Bonchev–Trinajstić information content (AvgIpc) is 2.90. The van der Waals surface area contributed by atoms with E-state index < -0.39 is 44.9 Å². The molecule has 0 saturated carbocycles.